The zero-order valence-corrected chi connectivity index (χ0v) is 19.9. The Labute approximate surface area is 213 Å². The van der Waals surface area contributed by atoms with E-state index in [-0.39, 0.29) is 17.1 Å². The van der Waals surface area contributed by atoms with Gasteiger partial charge in [0.15, 0.2) is 17.2 Å². The van der Waals surface area contributed by atoms with Crippen molar-refractivity contribution in [3.63, 3.8) is 0 Å². The lowest BCUT2D eigenvalue weighted by Gasteiger charge is -2.27. The van der Waals surface area contributed by atoms with Crippen LogP contribution in [0.5, 0.6) is 11.6 Å². The number of ether oxygens (including phenoxy) is 1. The number of hydrogen-bond donors (Lipinski definition) is 0. The van der Waals surface area contributed by atoms with E-state index in [2.05, 4.69) is 10.1 Å². The topological polar surface area (TPSA) is 126 Å². The minimum absolute atomic E-state index is 0.0625. The van der Waals surface area contributed by atoms with E-state index in [0.29, 0.717) is 39.3 Å². The van der Waals surface area contributed by atoms with Gasteiger partial charge in [-0.2, -0.15) is 0 Å². The van der Waals surface area contributed by atoms with Crippen LogP contribution >= 0.6 is 0 Å². The second-order valence-electron chi connectivity index (χ2n) is 8.99. The van der Waals surface area contributed by atoms with Crippen molar-refractivity contribution >= 4 is 22.3 Å². The van der Waals surface area contributed by atoms with Gasteiger partial charge in [0.05, 0.1) is 27.4 Å². The van der Waals surface area contributed by atoms with Crippen molar-refractivity contribution in [2.45, 2.75) is 12.8 Å². The molecule has 3 aromatic carbocycles. The number of nitrogens with zero attached hydrogens (tertiary/aromatic N) is 5. The predicted molar refractivity (Wildman–Crippen MR) is 138 cm³/mol. The second-order valence-corrected chi connectivity index (χ2v) is 8.99. The van der Waals surface area contributed by atoms with Gasteiger partial charge in [-0.25, -0.2) is 19.3 Å². The van der Waals surface area contributed by atoms with Gasteiger partial charge in [-0.05, 0) is 30.2 Å². The van der Waals surface area contributed by atoms with Crippen LogP contribution in [0.4, 0.5) is 5.69 Å². The summed E-state index contributed by atoms with van der Waals surface area (Å²) in [7, 11) is 0. The van der Waals surface area contributed by atoms with Gasteiger partial charge in [0, 0.05) is 17.7 Å². The van der Waals surface area contributed by atoms with Gasteiger partial charge < -0.3 is 9.15 Å². The summed E-state index contributed by atoms with van der Waals surface area (Å²) in [6.45, 7) is 1.98. The van der Waals surface area contributed by atoms with Gasteiger partial charge in [0.25, 0.3) is 5.69 Å². The monoisotopic (exact) mass is 503 g/mol. The van der Waals surface area contributed by atoms with Gasteiger partial charge in [0.1, 0.15) is 11.9 Å². The third-order valence-electron chi connectivity index (χ3n) is 6.79. The maximum absolute atomic E-state index is 13.4. The highest BCUT2D eigenvalue weighted by Gasteiger charge is 2.37. The number of hydrogen-bond acceptors (Lipinski definition) is 8. The van der Waals surface area contributed by atoms with Gasteiger partial charge in [-0.3, -0.25) is 10.1 Å². The third-order valence-corrected chi connectivity index (χ3v) is 6.79. The molecule has 0 aliphatic carbocycles. The van der Waals surface area contributed by atoms with E-state index in [9.17, 15) is 14.9 Å². The molecule has 1 aliphatic rings. The molecular formula is C28H17N5O5. The first-order chi connectivity index (χ1) is 18.5. The Morgan fingerprint density at radius 2 is 1.74 bits per heavy atom. The van der Waals surface area contributed by atoms with Crippen molar-refractivity contribution in [1.82, 2.24) is 19.6 Å². The highest BCUT2D eigenvalue weighted by atomic mass is 16.6. The summed E-state index contributed by atoms with van der Waals surface area (Å²) in [5, 5.41) is 16.6. The van der Waals surface area contributed by atoms with E-state index >= 15 is 0 Å². The molecule has 4 heterocycles. The van der Waals surface area contributed by atoms with Crippen LogP contribution in [-0.2, 0) is 0 Å². The highest BCUT2D eigenvalue weighted by molar-refractivity contribution is 5.87. The van der Waals surface area contributed by atoms with E-state index in [1.165, 1.54) is 18.5 Å². The molecular weight excluding hydrogens is 486 g/mol. The van der Waals surface area contributed by atoms with Crippen LogP contribution in [-0.4, -0.2) is 24.5 Å². The molecule has 7 rings (SSSR count). The molecule has 184 valence electrons. The molecule has 0 amide bonds. The fourth-order valence-corrected chi connectivity index (χ4v) is 4.99. The number of benzene rings is 3. The lowest BCUT2D eigenvalue weighted by molar-refractivity contribution is -0.384. The highest BCUT2D eigenvalue weighted by Crippen LogP contribution is 2.49. The summed E-state index contributed by atoms with van der Waals surface area (Å²) in [4.78, 5) is 33.6. The summed E-state index contributed by atoms with van der Waals surface area (Å²) in [5.74, 6) is 0.383. The maximum Gasteiger partial charge on any atom is 0.344 e. The van der Waals surface area contributed by atoms with E-state index < -0.39 is 16.5 Å². The smallest absolute Gasteiger partial charge is 0.344 e. The van der Waals surface area contributed by atoms with Crippen molar-refractivity contribution in [2.75, 3.05) is 0 Å². The normalized spacial score (nSPS) is 14.2. The first kappa shape index (κ1) is 21.9. The molecule has 38 heavy (non-hydrogen) atoms. The molecule has 1 aliphatic heterocycles. The molecule has 0 spiro atoms. The van der Waals surface area contributed by atoms with Gasteiger partial charge in [-0.1, -0.05) is 48.5 Å². The largest absolute Gasteiger partial charge is 0.437 e. The third kappa shape index (κ3) is 3.20. The van der Waals surface area contributed by atoms with Crippen molar-refractivity contribution in [1.29, 1.82) is 0 Å². The Bertz CT molecular complexity index is 1980. The van der Waals surface area contributed by atoms with Crippen molar-refractivity contribution in [3.8, 4) is 23.0 Å². The summed E-state index contributed by atoms with van der Waals surface area (Å²) >= 11 is 0. The van der Waals surface area contributed by atoms with E-state index in [1.54, 1.807) is 34.8 Å². The van der Waals surface area contributed by atoms with Crippen LogP contribution in [0.3, 0.4) is 0 Å². The van der Waals surface area contributed by atoms with Gasteiger partial charge >= 0.3 is 5.63 Å². The van der Waals surface area contributed by atoms with Crippen LogP contribution in [0, 0.1) is 17.0 Å². The fourth-order valence-electron chi connectivity index (χ4n) is 4.99. The maximum atomic E-state index is 13.4. The number of nitro groups is 1. The van der Waals surface area contributed by atoms with Crippen LogP contribution in [0.25, 0.3) is 28.0 Å². The molecule has 0 N–H and O–H groups in total. The number of nitro benzene ring substituents is 1. The molecule has 1 unspecified atom stereocenters. The second kappa shape index (κ2) is 8.07. The quantitative estimate of drug-likeness (QED) is 0.178. The number of aromatic nitrogens is 4. The first-order valence-electron chi connectivity index (χ1n) is 11.8. The Hall–Kier alpha value is -5.38. The Morgan fingerprint density at radius 1 is 0.974 bits per heavy atom. The standard InChI is InChI=1S/C28H17N5O5/c1-15-6-2-3-7-18(15)25-30-26-23-21(16-10-12-17(13-11-16)33(35)36)22-24(38-27(23)29-14-32(26)31-25)19-8-4-5-9-20(19)37-28(22)34/h2-14,21H,1H3. The lowest BCUT2D eigenvalue weighted by atomic mass is 9.84. The van der Waals surface area contributed by atoms with Crippen LogP contribution < -0.4 is 10.4 Å². The van der Waals surface area contributed by atoms with Crippen molar-refractivity contribution in [3.05, 3.63) is 122 Å². The van der Waals surface area contributed by atoms with Crippen molar-refractivity contribution < 1.29 is 14.1 Å². The summed E-state index contributed by atoms with van der Waals surface area (Å²) < 4.78 is 13.5. The minimum Gasteiger partial charge on any atom is -0.437 e. The molecule has 10 nitrogen and oxygen atoms in total. The average Bonchev–Trinajstić information content (AvgIpc) is 3.37. The Morgan fingerprint density at radius 3 is 2.53 bits per heavy atom. The number of rotatable bonds is 3. The zero-order valence-electron chi connectivity index (χ0n) is 19.9. The molecule has 0 radical (unpaired) electrons. The molecule has 0 saturated heterocycles. The molecule has 10 heteroatoms. The number of para-hydroxylation sites is 1. The Kier molecular flexibility index (Phi) is 4.64. The fraction of sp³-hybridized carbons (Fsp3) is 0.0714. The van der Waals surface area contributed by atoms with Crippen molar-refractivity contribution in [2.24, 2.45) is 0 Å². The van der Waals surface area contributed by atoms with Crippen LogP contribution in [0.1, 0.15) is 28.2 Å². The molecule has 0 saturated carbocycles. The van der Waals surface area contributed by atoms with Crippen LogP contribution in [0.15, 0.2) is 88.3 Å². The zero-order chi connectivity index (χ0) is 26.0. The van der Waals surface area contributed by atoms with E-state index in [1.807, 2.05) is 37.3 Å². The number of fused-ring (bicyclic) bond motifs is 6. The molecule has 0 bridgehead atoms. The number of non-ortho nitro benzene ring substituents is 1. The lowest BCUT2D eigenvalue weighted by Crippen LogP contribution is -2.22. The molecule has 6 aromatic rings. The Balaban J connectivity index is 1.54. The summed E-state index contributed by atoms with van der Waals surface area (Å²) in [5.41, 5.74) is 3.47. The summed E-state index contributed by atoms with van der Waals surface area (Å²) in [6, 6.07) is 20.9. The minimum atomic E-state index is -0.722. The first-order valence-corrected chi connectivity index (χ1v) is 11.8. The van der Waals surface area contributed by atoms with Gasteiger partial charge in [-0.15, -0.1) is 5.10 Å². The summed E-state index contributed by atoms with van der Waals surface area (Å²) in [6.07, 6.45) is 1.52. The average molecular weight is 503 g/mol. The van der Waals surface area contributed by atoms with E-state index in [0.717, 1.165) is 11.1 Å². The molecule has 1 atom stereocenters. The SMILES string of the molecule is Cc1ccccc1-c1nc2c3c(ncn2n1)Oc1c(c(=O)oc2ccccc12)C3c1ccc([N+](=O)[O-])cc1. The van der Waals surface area contributed by atoms with Crippen LogP contribution in [0.2, 0.25) is 0 Å². The predicted octanol–water partition coefficient (Wildman–Crippen LogP) is 5.40. The number of aryl methyl sites for hydroxylation is 1. The molecule has 3 aromatic heterocycles. The van der Waals surface area contributed by atoms with E-state index in [4.69, 9.17) is 14.1 Å². The van der Waals surface area contributed by atoms with Gasteiger partial charge in [0.2, 0.25) is 5.88 Å². The molecule has 0 fully saturated rings.